The molecule has 2 saturated heterocycles. The van der Waals surface area contributed by atoms with Crippen molar-refractivity contribution in [3.63, 3.8) is 0 Å². The molecule has 296 valence electrons. The lowest BCUT2D eigenvalue weighted by molar-refractivity contribution is -0.139. The maximum Gasteiger partial charge on any atom is 0.410 e. The number of amides is 3. The van der Waals surface area contributed by atoms with Gasteiger partial charge in [-0.05, 0) is 68.8 Å². The predicted octanol–water partition coefficient (Wildman–Crippen LogP) is 6.15. The second-order valence-corrected chi connectivity index (χ2v) is 14.8. The van der Waals surface area contributed by atoms with E-state index >= 15 is 0 Å². The summed E-state index contributed by atoms with van der Waals surface area (Å²) in [6.45, 7) is 3.45. The maximum atomic E-state index is 14.7. The van der Waals surface area contributed by atoms with Crippen molar-refractivity contribution in [2.24, 2.45) is 11.7 Å². The van der Waals surface area contributed by atoms with Crippen molar-refractivity contribution in [3.8, 4) is 0 Å². The van der Waals surface area contributed by atoms with E-state index in [0.29, 0.717) is 50.0 Å². The third-order valence-electron chi connectivity index (χ3n) is 10.5. The van der Waals surface area contributed by atoms with E-state index in [9.17, 15) is 24.0 Å². The van der Waals surface area contributed by atoms with Gasteiger partial charge < -0.3 is 34.7 Å². The first-order valence-corrected chi connectivity index (χ1v) is 19.6. The number of piperidine rings is 1. The molecular formula is C43H51N5O8. The van der Waals surface area contributed by atoms with Crippen LogP contribution in [0.4, 0.5) is 9.59 Å². The Labute approximate surface area is 326 Å². The van der Waals surface area contributed by atoms with Gasteiger partial charge in [0.1, 0.15) is 24.3 Å². The number of likely N-dealkylation sites (tertiary alicyclic amines) is 2. The first-order valence-electron chi connectivity index (χ1n) is 19.6. The molecule has 3 amide bonds. The zero-order valence-corrected chi connectivity index (χ0v) is 31.9. The molecule has 1 aromatic heterocycles. The summed E-state index contributed by atoms with van der Waals surface area (Å²) in [7, 11) is 0. The number of oxazole rings is 1. The standard InChI is InChI=1S/C43H51N5O8/c1-29-13-12-16-31(23-29)24-35(46-42(52)54-28-30-14-4-2-5-15-30)41(51)48-27-33(55-43(53)47-21-10-3-11-22-47)26-36(48)37(49)25-32(17-8-9-20-44)39(50)40-45-34-18-6-7-19-38(34)56-40/h2,4-7,12-16,18-19,23,32-33,35-36H,3,8-11,17,20-22,24-28,44H2,1H3,(H,46,52)/t32-,33-,35-,36+/m1/s1. The van der Waals surface area contributed by atoms with Crippen LogP contribution in [-0.2, 0) is 32.1 Å². The van der Waals surface area contributed by atoms with Gasteiger partial charge in [-0.2, -0.15) is 0 Å². The number of carbonyl (C=O) groups is 5. The van der Waals surface area contributed by atoms with Gasteiger partial charge in [-0.15, -0.1) is 0 Å². The van der Waals surface area contributed by atoms with Crippen LogP contribution in [0.3, 0.4) is 0 Å². The minimum atomic E-state index is -1.12. The molecule has 13 heteroatoms. The summed E-state index contributed by atoms with van der Waals surface area (Å²) in [5.41, 5.74) is 9.32. The van der Waals surface area contributed by atoms with Gasteiger partial charge in [0.15, 0.2) is 11.4 Å². The molecular weight excluding hydrogens is 714 g/mol. The van der Waals surface area contributed by atoms with Crippen molar-refractivity contribution in [3.05, 3.63) is 101 Å². The quantitative estimate of drug-likeness (QED) is 0.0995. The number of hydrogen-bond acceptors (Lipinski definition) is 10. The molecule has 13 nitrogen and oxygen atoms in total. The van der Waals surface area contributed by atoms with Gasteiger partial charge in [-0.25, -0.2) is 14.6 Å². The highest BCUT2D eigenvalue weighted by Gasteiger charge is 2.45. The van der Waals surface area contributed by atoms with Crippen LogP contribution in [0.2, 0.25) is 0 Å². The van der Waals surface area contributed by atoms with E-state index in [1.165, 1.54) is 4.90 Å². The molecule has 2 aliphatic heterocycles. The summed E-state index contributed by atoms with van der Waals surface area (Å²) < 4.78 is 17.3. The fourth-order valence-corrected chi connectivity index (χ4v) is 7.50. The Morgan fingerprint density at radius 1 is 0.929 bits per heavy atom. The number of fused-ring (bicyclic) bond motifs is 1. The lowest BCUT2D eigenvalue weighted by Crippen LogP contribution is -2.53. The largest absolute Gasteiger partial charge is 0.445 e. The lowest BCUT2D eigenvalue weighted by Gasteiger charge is -2.29. The monoisotopic (exact) mass is 765 g/mol. The third kappa shape index (κ3) is 10.6. The van der Waals surface area contributed by atoms with E-state index in [1.807, 2.05) is 61.5 Å². The Balaban J connectivity index is 1.25. The molecule has 0 radical (unpaired) electrons. The summed E-state index contributed by atoms with van der Waals surface area (Å²) in [6, 6.07) is 21.7. The van der Waals surface area contributed by atoms with Crippen LogP contribution in [0.25, 0.3) is 11.1 Å². The summed E-state index contributed by atoms with van der Waals surface area (Å²) in [5, 5.41) is 2.76. The number of rotatable bonds is 16. The van der Waals surface area contributed by atoms with Crippen LogP contribution in [0.5, 0.6) is 0 Å². The zero-order valence-electron chi connectivity index (χ0n) is 31.9. The van der Waals surface area contributed by atoms with Crippen LogP contribution in [-0.4, -0.2) is 88.8 Å². The summed E-state index contributed by atoms with van der Waals surface area (Å²) in [6.07, 6.45) is 2.30. The normalized spacial score (nSPS) is 18.0. The van der Waals surface area contributed by atoms with Crippen molar-refractivity contribution < 1.29 is 37.9 Å². The molecule has 2 aliphatic rings. The zero-order chi connectivity index (χ0) is 39.4. The van der Waals surface area contributed by atoms with E-state index in [2.05, 4.69) is 10.3 Å². The fourth-order valence-electron chi connectivity index (χ4n) is 7.50. The first kappa shape index (κ1) is 40.1. The molecule has 3 N–H and O–H groups in total. The third-order valence-corrected chi connectivity index (χ3v) is 10.5. The molecule has 2 fully saturated rings. The highest BCUT2D eigenvalue weighted by molar-refractivity contribution is 6.00. The number of ether oxygens (including phenoxy) is 2. The number of nitrogens with zero attached hydrogens (tertiary/aromatic N) is 3. The number of para-hydroxylation sites is 2. The highest BCUT2D eigenvalue weighted by Crippen LogP contribution is 2.29. The average Bonchev–Trinajstić information content (AvgIpc) is 3.85. The molecule has 4 atom stereocenters. The molecule has 56 heavy (non-hydrogen) atoms. The minimum absolute atomic E-state index is 0.00294. The van der Waals surface area contributed by atoms with Crippen LogP contribution in [0.1, 0.15) is 78.7 Å². The molecule has 0 saturated carbocycles. The summed E-state index contributed by atoms with van der Waals surface area (Å²) >= 11 is 0. The number of Topliss-reactive ketones (excluding diaryl/α,β-unsaturated/α-hetero) is 2. The van der Waals surface area contributed by atoms with Gasteiger partial charge in [-0.3, -0.25) is 14.4 Å². The molecule has 6 rings (SSSR count). The predicted molar refractivity (Wildman–Crippen MR) is 209 cm³/mol. The number of nitrogens with two attached hydrogens (primary N) is 1. The number of carbonyl (C=O) groups excluding carboxylic acids is 5. The minimum Gasteiger partial charge on any atom is -0.445 e. The van der Waals surface area contributed by atoms with Gasteiger partial charge in [0.2, 0.25) is 11.7 Å². The number of aryl methyl sites for hydroxylation is 1. The topological polar surface area (TPSA) is 174 Å². The Kier molecular flexibility index (Phi) is 13.9. The van der Waals surface area contributed by atoms with Gasteiger partial charge in [0.25, 0.3) is 5.89 Å². The number of ketones is 2. The molecule has 0 spiro atoms. The van der Waals surface area contributed by atoms with Crippen LogP contribution in [0, 0.1) is 12.8 Å². The van der Waals surface area contributed by atoms with Gasteiger partial charge in [0.05, 0.1) is 12.6 Å². The van der Waals surface area contributed by atoms with Crippen molar-refractivity contribution in [1.29, 1.82) is 0 Å². The molecule has 4 aromatic rings. The van der Waals surface area contributed by atoms with Gasteiger partial charge >= 0.3 is 12.2 Å². The number of alkyl carbamates (subject to hydrolysis) is 1. The molecule has 3 aromatic carbocycles. The van der Waals surface area contributed by atoms with E-state index in [4.69, 9.17) is 19.6 Å². The van der Waals surface area contributed by atoms with E-state index in [-0.39, 0.29) is 44.1 Å². The van der Waals surface area contributed by atoms with E-state index < -0.39 is 48.0 Å². The SMILES string of the molecule is Cc1cccc(C[C@@H](NC(=O)OCc2ccccc2)C(=O)N2C[C@H](OC(=O)N3CCCCC3)C[C@H]2C(=O)C[C@@H](CCCCN)C(=O)c2nc3ccccc3o2)c1. The number of unbranched alkanes of at least 4 members (excludes halogenated alkanes) is 1. The Hall–Kier alpha value is -5.56. The Morgan fingerprint density at radius 2 is 1.68 bits per heavy atom. The van der Waals surface area contributed by atoms with Gasteiger partial charge in [0, 0.05) is 38.3 Å². The number of benzene rings is 3. The van der Waals surface area contributed by atoms with Crippen LogP contribution >= 0.6 is 0 Å². The smallest absolute Gasteiger partial charge is 0.410 e. The molecule has 0 bridgehead atoms. The van der Waals surface area contributed by atoms with Crippen molar-refractivity contribution in [1.82, 2.24) is 20.1 Å². The first-order chi connectivity index (χ1) is 27.2. The van der Waals surface area contributed by atoms with E-state index in [1.54, 1.807) is 29.2 Å². The second-order valence-electron chi connectivity index (χ2n) is 14.8. The van der Waals surface area contributed by atoms with Crippen molar-refractivity contribution in [2.75, 3.05) is 26.2 Å². The van der Waals surface area contributed by atoms with Crippen molar-refractivity contribution in [2.45, 2.75) is 89.5 Å². The molecule has 3 heterocycles. The number of aromatic nitrogens is 1. The van der Waals surface area contributed by atoms with Crippen LogP contribution < -0.4 is 11.1 Å². The Morgan fingerprint density at radius 3 is 2.43 bits per heavy atom. The second kappa shape index (κ2) is 19.3. The van der Waals surface area contributed by atoms with Crippen molar-refractivity contribution >= 4 is 40.8 Å². The lowest BCUT2D eigenvalue weighted by atomic mass is 9.89. The number of nitrogens with one attached hydrogen (secondary N) is 1. The molecule has 0 unspecified atom stereocenters. The summed E-state index contributed by atoms with van der Waals surface area (Å²) in [5.74, 6) is -2.17. The molecule has 0 aliphatic carbocycles. The summed E-state index contributed by atoms with van der Waals surface area (Å²) in [4.78, 5) is 77.0. The van der Waals surface area contributed by atoms with Crippen LogP contribution in [0.15, 0.2) is 83.3 Å². The number of hydrogen-bond donors (Lipinski definition) is 2. The Bertz CT molecular complexity index is 1940. The average molecular weight is 766 g/mol. The maximum absolute atomic E-state index is 14.7. The highest BCUT2D eigenvalue weighted by atomic mass is 16.6. The van der Waals surface area contributed by atoms with E-state index in [0.717, 1.165) is 36.0 Å². The van der Waals surface area contributed by atoms with Gasteiger partial charge in [-0.1, -0.05) is 78.7 Å². The fraction of sp³-hybridized carbons (Fsp3) is 0.442.